The summed E-state index contributed by atoms with van der Waals surface area (Å²) in [5.41, 5.74) is 6.58. The Morgan fingerprint density at radius 3 is 2.56 bits per heavy atom. The lowest BCUT2D eigenvalue weighted by Crippen LogP contribution is -2.00. The van der Waals surface area contributed by atoms with Gasteiger partial charge in [0.25, 0.3) is 0 Å². The van der Waals surface area contributed by atoms with Crippen molar-refractivity contribution in [1.82, 2.24) is 0 Å². The first-order chi connectivity index (χ1) is 8.77. The summed E-state index contributed by atoms with van der Waals surface area (Å²) in [6.07, 6.45) is 0. The summed E-state index contributed by atoms with van der Waals surface area (Å²) < 4.78 is 5.60. The summed E-state index contributed by atoms with van der Waals surface area (Å²) in [6, 6.07) is 15.3. The van der Waals surface area contributed by atoms with Gasteiger partial charge >= 0.3 is 0 Å². The van der Waals surface area contributed by atoms with E-state index in [-0.39, 0.29) is 0 Å². The van der Waals surface area contributed by atoms with Crippen LogP contribution < -0.4 is 10.5 Å². The van der Waals surface area contributed by atoms with Crippen LogP contribution in [0.25, 0.3) is 0 Å². The molecule has 0 unspecified atom stereocenters. The van der Waals surface area contributed by atoms with Crippen LogP contribution in [0.3, 0.4) is 0 Å². The van der Waals surface area contributed by atoms with E-state index in [1.165, 1.54) is 0 Å². The minimum atomic E-state index is 0.624. The van der Waals surface area contributed by atoms with Gasteiger partial charge in [-0.3, -0.25) is 0 Å². The van der Waals surface area contributed by atoms with Gasteiger partial charge in [-0.05, 0) is 24.3 Å². The number of halogens is 1. The van der Waals surface area contributed by atoms with Crippen LogP contribution in [0.2, 0.25) is 5.02 Å². The number of rotatable bonds is 5. The third-order valence-electron chi connectivity index (χ3n) is 2.34. The lowest BCUT2D eigenvalue weighted by atomic mass is 10.3. The molecular weight excluding hydrogens is 266 g/mol. The van der Waals surface area contributed by atoms with E-state index in [1.54, 1.807) is 11.8 Å². The number of hydrogen-bond acceptors (Lipinski definition) is 3. The highest BCUT2D eigenvalue weighted by Gasteiger charge is 2.04. The fourth-order valence-electron chi connectivity index (χ4n) is 1.50. The molecule has 0 fully saturated rings. The zero-order valence-corrected chi connectivity index (χ0v) is 11.4. The van der Waals surface area contributed by atoms with Crippen LogP contribution in [-0.4, -0.2) is 12.4 Å². The molecule has 0 aliphatic heterocycles. The summed E-state index contributed by atoms with van der Waals surface area (Å²) in [4.78, 5) is 0.927. The Labute approximate surface area is 116 Å². The van der Waals surface area contributed by atoms with E-state index in [0.717, 1.165) is 16.4 Å². The molecule has 2 N–H and O–H groups in total. The molecule has 94 valence electrons. The summed E-state index contributed by atoms with van der Waals surface area (Å²) in [5.74, 6) is 1.69. The van der Waals surface area contributed by atoms with Crippen LogP contribution in [0.1, 0.15) is 0 Å². The second kappa shape index (κ2) is 6.57. The zero-order chi connectivity index (χ0) is 12.8. The molecule has 0 atom stereocenters. The quantitative estimate of drug-likeness (QED) is 0.509. The molecule has 2 aromatic rings. The monoisotopic (exact) mass is 279 g/mol. The minimum Gasteiger partial charge on any atom is -0.493 e. The predicted octanol–water partition coefficient (Wildman–Crippen LogP) is 4.09. The van der Waals surface area contributed by atoms with E-state index in [9.17, 15) is 0 Å². The predicted molar refractivity (Wildman–Crippen MR) is 78.5 cm³/mol. The lowest BCUT2D eigenvalue weighted by Gasteiger charge is -2.08. The molecule has 0 spiro atoms. The van der Waals surface area contributed by atoms with Crippen molar-refractivity contribution in [2.45, 2.75) is 4.90 Å². The van der Waals surface area contributed by atoms with Gasteiger partial charge in [-0.2, -0.15) is 0 Å². The number of nitrogens with two attached hydrogens (primary N) is 1. The molecule has 2 aromatic carbocycles. The first-order valence-corrected chi connectivity index (χ1v) is 6.98. The molecule has 0 aromatic heterocycles. The zero-order valence-electron chi connectivity index (χ0n) is 9.80. The number of thioether (sulfide) groups is 1. The van der Waals surface area contributed by atoms with Crippen LogP contribution in [-0.2, 0) is 0 Å². The Hall–Kier alpha value is -1.32. The van der Waals surface area contributed by atoms with E-state index in [2.05, 4.69) is 0 Å². The Morgan fingerprint density at radius 1 is 1.06 bits per heavy atom. The number of anilines is 1. The van der Waals surface area contributed by atoms with Gasteiger partial charge in [-0.25, -0.2) is 0 Å². The van der Waals surface area contributed by atoms with Crippen molar-refractivity contribution in [3.63, 3.8) is 0 Å². The number of benzene rings is 2. The molecule has 4 heteroatoms. The maximum absolute atomic E-state index is 6.08. The highest BCUT2D eigenvalue weighted by molar-refractivity contribution is 7.99. The number of hydrogen-bond donors (Lipinski definition) is 1. The van der Waals surface area contributed by atoms with Gasteiger partial charge in [0.15, 0.2) is 0 Å². The smallest absolute Gasteiger partial charge is 0.119 e. The Kier molecular flexibility index (Phi) is 4.79. The summed E-state index contributed by atoms with van der Waals surface area (Å²) in [7, 11) is 0. The third kappa shape index (κ3) is 3.59. The van der Waals surface area contributed by atoms with Crippen molar-refractivity contribution < 1.29 is 4.74 Å². The minimum absolute atomic E-state index is 0.624. The van der Waals surface area contributed by atoms with Crippen molar-refractivity contribution in [1.29, 1.82) is 0 Å². The van der Waals surface area contributed by atoms with Gasteiger partial charge in [0.1, 0.15) is 5.75 Å². The first-order valence-electron chi connectivity index (χ1n) is 5.62. The van der Waals surface area contributed by atoms with E-state index < -0.39 is 0 Å². The van der Waals surface area contributed by atoms with Gasteiger partial charge in [0.2, 0.25) is 0 Å². The van der Waals surface area contributed by atoms with Crippen molar-refractivity contribution in [2.24, 2.45) is 0 Å². The molecule has 2 nitrogen and oxygen atoms in total. The molecule has 0 saturated heterocycles. The summed E-state index contributed by atoms with van der Waals surface area (Å²) >= 11 is 7.69. The lowest BCUT2D eigenvalue weighted by molar-refractivity contribution is 0.344. The summed E-state index contributed by atoms with van der Waals surface area (Å²) in [5, 5.41) is 0.694. The number of nitrogen functional groups attached to an aromatic ring is 1. The van der Waals surface area contributed by atoms with Crippen molar-refractivity contribution >= 4 is 29.1 Å². The third-order valence-corrected chi connectivity index (χ3v) is 3.88. The molecule has 0 bridgehead atoms. The Balaban J connectivity index is 1.82. The highest BCUT2D eigenvalue weighted by Crippen LogP contribution is 2.32. The van der Waals surface area contributed by atoms with Crippen LogP contribution in [0.4, 0.5) is 5.69 Å². The maximum atomic E-state index is 6.08. The average Bonchev–Trinajstić information content (AvgIpc) is 2.38. The van der Waals surface area contributed by atoms with Crippen LogP contribution >= 0.6 is 23.4 Å². The molecule has 0 saturated carbocycles. The topological polar surface area (TPSA) is 35.2 Å². The average molecular weight is 280 g/mol. The van der Waals surface area contributed by atoms with Gasteiger partial charge in [0.05, 0.1) is 11.6 Å². The molecule has 0 radical (unpaired) electrons. The van der Waals surface area contributed by atoms with Crippen LogP contribution in [0.15, 0.2) is 53.4 Å². The molecule has 0 amide bonds. The summed E-state index contributed by atoms with van der Waals surface area (Å²) in [6.45, 7) is 0.624. The number of para-hydroxylation sites is 1. The fourth-order valence-corrected chi connectivity index (χ4v) is 2.65. The Morgan fingerprint density at radius 2 is 1.83 bits per heavy atom. The highest BCUT2D eigenvalue weighted by atomic mass is 35.5. The fraction of sp³-hybridized carbons (Fsp3) is 0.143. The molecular formula is C14H14ClNOS. The van der Waals surface area contributed by atoms with Crippen molar-refractivity contribution in [3.05, 3.63) is 53.6 Å². The molecule has 0 aliphatic carbocycles. The van der Waals surface area contributed by atoms with E-state index in [1.807, 2.05) is 48.5 Å². The first kappa shape index (κ1) is 13.1. The second-order valence-corrected chi connectivity index (χ2v) is 5.18. The van der Waals surface area contributed by atoms with Gasteiger partial charge in [-0.15, -0.1) is 11.8 Å². The SMILES string of the molecule is Nc1cccc(Cl)c1SCCOc1ccccc1. The van der Waals surface area contributed by atoms with E-state index >= 15 is 0 Å². The molecule has 0 heterocycles. The van der Waals surface area contributed by atoms with E-state index in [4.69, 9.17) is 22.1 Å². The van der Waals surface area contributed by atoms with Crippen LogP contribution in [0.5, 0.6) is 5.75 Å². The second-order valence-electron chi connectivity index (χ2n) is 3.67. The Bertz CT molecular complexity index is 484. The van der Waals surface area contributed by atoms with Gasteiger partial charge in [0, 0.05) is 16.3 Å². The standard InChI is InChI=1S/C14H14ClNOS/c15-12-7-4-8-13(16)14(12)18-10-9-17-11-5-2-1-3-6-11/h1-8H,9-10,16H2. The molecule has 18 heavy (non-hydrogen) atoms. The molecule has 0 aliphatic rings. The van der Waals surface area contributed by atoms with Gasteiger partial charge < -0.3 is 10.5 Å². The normalized spacial score (nSPS) is 10.3. The molecule has 2 rings (SSSR count). The van der Waals surface area contributed by atoms with Crippen LogP contribution in [0, 0.1) is 0 Å². The maximum Gasteiger partial charge on any atom is 0.119 e. The van der Waals surface area contributed by atoms with Gasteiger partial charge in [-0.1, -0.05) is 35.9 Å². The van der Waals surface area contributed by atoms with Crippen molar-refractivity contribution in [2.75, 3.05) is 18.1 Å². The largest absolute Gasteiger partial charge is 0.493 e. The number of ether oxygens (including phenoxy) is 1. The van der Waals surface area contributed by atoms with Crippen molar-refractivity contribution in [3.8, 4) is 5.75 Å². The van der Waals surface area contributed by atoms with E-state index in [0.29, 0.717) is 17.3 Å².